The number of hydrogen-bond donors (Lipinski definition) is 1. The molecule has 0 spiro atoms. The lowest BCUT2D eigenvalue weighted by Crippen LogP contribution is -2.05. The number of imidazole rings is 1. The molecule has 1 N–H and O–H groups in total. The molecule has 2 heterocycles. The molecule has 1 aromatic carbocycles. The Balaban J connectivity index is 1.80. The first-order valence-electron chi connectivity index (χ1n) is 5.64. The van der Waals surface area contributed by atoms with Gasteiger partial charge in [-0.3, -0.25) is 4.57 Å². The molecule has 3 aromatic rings. The van der Waals surface area contributed by atoms with Gasteiger partial charge in [-0.05, 0) is 12.1 Å². The average molecular weight is 256 g/mol. The van der Waals surface area contributed by atoms with E-state index in [0.717, 1.165) is 16.6 Å². The van der Waals surface area contributed by atoms with Gasteiger partial charge in [0.25, 0.3) is 0 Å². The van der Waals surface area contributed by atoms with E-state index < -0.39 is 0 Å². The number of nitrogens with zero attached hydrogens (tertiary/aromatic N) is 3. The maximum absolute atomic E-state index is 4.32. The van der Waals surface area contributed by atoms with Gasteiger partial charge in [0.1, 0.15) is 5.01 Å². The highest BCUT2D eigenvalue weighted by molar-refractivity contribution is 7.09. The van der Waals surface area contributed by atoms with Crippen molar-refractivity contribution in [1.82, 2.24) is 14.5 Å². The Morgan fingerprint density at radius 2 is 2.00 bits per heavy atom. The van der Waals surface area contributed by atoms with Crippen LogP contribution in [0.1, 0.15) is 5.01 Å². The van der Waals surface area contributed by atoms with Crippen molar-refractivity contribution >= 4 is 17.3 Å². The van der Waals surface area contributed by atoms with Crippen LogP contribution in [0.15, 0.2) is 54.3 Å². The fourth-order valence-corrected chi connectivity index (χ4v) is 2.28. The number of benzene rings is 1. The minimum atomic E-state index is 0.696. The molecule has 0 saturated heterocycles. The maximum atomic E-state index is 4.32. The van der Waals surface area contributed by atoms with Gasteiger partial charge in [-0.25, -0.2) is 9.97 Å². The molecular formula is C13H12N4S. The Morgan fingerprint density at radius 1 is 1.11 bits per heavy atom. The Morgan fingerprint density at radius 3 is 2.78 bits per heavy atom. The molecular weight excluding hydrogens is 244 g/mol. The Kier molecular flexibility index (Phi) is 3.06. The first-order chi connectivity index (χ1) is 8.93. The number of thiazole rings is 1. The third-order valence-electron chi connectivity index (χ3n) is 2.56. The number of anilines is 1. The predicted octanol–water partition coefficient (Wildman–Crippen LogP) is 2.94. The first-order valence-corrected chi connectivity index (χ1v) is 6.52. The van der Waals surface area contributed by atoms with Crippen molar-refractivity contribution in [2.75, 3.05) is 5.32 Å². The second-order valence-electron chi connectivity index (χ2n) is 3.74. The number of nitrogens with one attached hydrogen (secondary N) is 1. The SMILES string of the molecule is c1ccc(-n2ccnc2NCc2nccs2)cc1. The summed E-state index contributed by atoms with van der Waals surface area (Å²) < 4.78 is 2.02. The summed E-state index contributed by atoms with van der Waals surface area (Å²) in [5, 5.41) is 6.32. The van der Waals surface area contributed by atoms with Gasteiger partial charge in [-0.2, -0.15) is 0 Å². The smallest absolute Gasteiger partial charge is 0.207 e. The van der Waals surface area contributed by atoms with Gasteiger partial charge >= 0.3 is 0 Å². The second kappa shape index (κ2) is 5.01. The van der Waals surface area contributed by atoms with Crippen LogP contribution in [0, 0.1) is 0 Å². The lowest BCUT2D eigenvalue weighted by Gasteiger charge is -2.08. The lowest BCUT2D eigenvalue weighted by molar-refractivity contribution is 0.995. The molecule has 3 rings (SSSR count). The first kappa shape index (κ1) is 11.0. The molecule has 5 heteroatoms. The molecule has 0 radical (unpaired) electrons. The van der Waals surface area contributed by atoms with Crippen LogP contribution in [0.4, 0.5) is 5.95 Å². The summed E-state index contributed by atoms with van der Waals surface area (Å²) in [7, 11) is 0. The molecule has 0 unspecified atom stereocenters. The molecule has 2 aromatic heterocycles. The molecule has 0 aliphatic heterocycles. The van der Waals surface area contributed by atoms with Gasteiger partial charge in [0.15, 0.2) is 0 Å². The van der Waals surface area contributed by atoms with Gasteiger partial charge in [-0.15, -0.1) is 11.3 Å². The van der Waals surface area contributed by atoms with Crippen molar-refractivity contribution in [1.29, 1.82) is 0 Å². The van der Waals surface area contributed by atoms with Crippen molar-refractivity contribution in [3.05, 3.63) is 59.3 Å². The summed E-state index contributed by atoms with van der Waals surface area (Å²) in [6, 6.07) is 10.1. The van der Waals surface area contributed by atoms with E-state index in [1.807, 2.05) is 40.5 Å². The fourth-order valence-electron chi connectivity index (χ4n) is 1.73. The Labute approximate surface area is 109 Å². The van der Waals surface area contributed by atoms with Gasteiger partial charge in [0.05, 0.1) is 6.54 Å². The zero-order valence-corrected chi connectivity index (χ0v) is 10.5. The van der Waals surface area contributed by atoms with Crippen LogP contribution < -0.4 is 5.32 Å². The summed E-state index contributed by atoms with van der Waals surface area (Å²) >= 11 is 1.64. The highest BCUT2D eigenvalue weighted by Gasteiger charge is 2.04. The molecule has 0 fully saturated rings. The number of hydrogen-bond acceptors (Lipinski definition) is 4. The standard InChI is InChI=1S/C13H12N4S/c1-2-4-11(5-3-1)17-8-6-15-13(17)16-10-12-14-7-9-18-12/h1-9H,10H2,(H,15,16). The van der Waals surface area contributed by atoms with Crippen LogP contribution in [-0.4, -0.2) is 14.5 Å². The Bertz CT molecular complexity index is 601. The quantitative estimate of drug-likeness (QED) is 0.780. The van der Waals surface area contributed by atoms with Crippen molar-refractivity contribution in [3.8, 4) is 5.69 Å². The Hall–Kier alpha value is -2.14. The molecule has 0 bridgehead atoms. The van der Waals surface area contributed by atoms with Crippen molar-refractivity contribution in [2.45, 2.75) is 6.54 Å². The zero-order valence-electron chi connectivity index (χ0n) is 9.65. The van der Waals surface area contributed by atoms with Crippen LogP contribution in [0.25, 0.3) is 5.69 Å². The predicted molar refractivity (Wildman–Crippen MR) is 73.0 cm³/mol. The van der Waals surface area contributed by atoms with Crippen LogP contribution in [0.3, 0.4) is 0 Å². The van der Waals surface area contributed by atoms with Gasteiger partial charge < -0.3 is 5.32 Å². The summed E-state index contributed by atoms with van der Waals surface area (Å²) in [5.74, 6) is 0.830. The summed E-state index contributed by atoms with van der Waals surface area (Å²) in [4.78, 5) is 8.56. The van der Waals surface area contributed by atoms with Gasteiger partial charge in [0, 0.05) is 29.7 Å². The van der Waals surface area contributed by atoms with E-state index in [1.165, 1.54) is 0 Å². The molecule has 0 atom stereocenters. The molecule has 18 heavy (non-hydrogen) atoms. The maximum Gasteiger partial charge on any atom is 0.207 e. The third kappa shape index (κ3) is 2.26. The topological polar surface area (TPSA) is 42.7 Å². The van der Waals surface area contributed by atoms with Crippen molar-refractivity contribution < 1.29 is 0 Å². The van der Waals surface area contributed by atoms with Crippen LogP contribution in [-0.2, 0) is 6.54 Å². The van der Waals surface area contributed by atoms with E-state index in [0.29, 0.717) is 6.54 Å². The summed E-state index contributed by atoms with van der Waals surface area (Å²) in [5.41, 5.74) is 1.09. The van der Waals surface area contributed by atoms with Gasteiger partial charge in [0.2, 0.25) is 5.95 Å². The number of para-hydroxylation sites is 1. The van der Waals surface area contributed by atoms with E-state index in [4.69, 9.17) is 0 Å². The minimum absolute atomic E-state index is 0.696. The molecule has 4 nitrogen and oxygen atoms in total. The second-order valence-corrected chi connectivity index (χ2v) is 4.71. The fraction of sp³-hybridized carbons (Fsp3) is 0.0769. The van der Waals surface area contributed by atoms with Crippen molar-refractivity contribution in [3.63, 3.8) is 0 Å². The normalized spacial score (nSPS) is 10.4. The van der Waals surface area contributed by atoms with E-state index >= 15 is 0 Å². The largest absolute Gasteiger partial charge is 0.349 e. The molecule has 0 saturated carbocycles. The average Bonchev–Trinajstić information content (AvgIpc) is 3.09. The lowest BCUT2D eigenvalue weighted by atomic mass is 10.3. The zero-order chi connectivity index (χ0) is 12.2. The minimum Gasteiger partial charge on any atom is -0.349 e. The van der Waals surface area contributed by atoms with E-state index in [1.54, 1.807) is 17.5 Å². The molecule has 0 aliphatic carbocycles. The highest BCUT2D eigenvalue weighted by Crippen LogP contribution is 2.15. The van der Waals surface area contributed by atoms with Crippen LogP contribution in [0.2, 0.25) is 0 Å². The molecule has 0 amide bonds. The van der Waals surface area contributed by atoms with E-state index in [9.17, 15) is 0 Å². The van der Waals surface area contributed by atoms with Crippen LogP contribution >= 0.6 is 11.3 Å². The van der Waals surface area contributed by atoms with Gasteiger partial charge in [-0.1, -0.05) is 18.2 Å². The molecule has 0 aliphatic rings. The summed E-state index contributed by atoms with van der Waals surface area (Å²) in [6.07, 6.45) is 5.54. The number of rotatable bonds is 4. The van der Waals surface area contributed by atoms with E-state index in [-0.39, 0.29) is 0 Å². The third-order valence-corrected chi connectivity index (χ3v) is 3.34. The summed E-state index contributed by atoms with van der Waals surface area (Å²) in [6.45, 7) is 0.696. The number of aromatic nitrogens is 3. The van der Waals surface area contributed by atoms with E-state index in [2.05, 4.69) is 27.4 Å². The van der Waals surface area contributed by atoms with Crippen LogP contribution in [0.5, 0.6) is 0 Å². The molecule has 90 valence electrons. The monoisotopic (exact) mass is 256 g/mol. The van der Waals surface area contributed by atoms with Crippen molar-refractivity contribution in [2.24, 2.45) is 0 Å². The highest BCUT2D eigenvalue weighted by atomic mass is 32.1.